The molecule has 0 bridgehead atoms. The molecule has 6 rings (SSSR count). The first-order valence-corrected chi connectivity index (χ1v) is 12.6. The summed E-state index contributed by atoms with van der Waals surface area (Å²) in [5, 5.41) is 13.8. The lowest BCUT2D eigenvalue weighted by atomic mass is 9.99. The molecule has 0 saturated carbocycles. The van der Waals surface area contributed by atoms with Crippen LogP contribution in [0.25, 0.3) is 10.8 Å². The number of amidine groups is 2. The highest BCUT2D eigenvalue weighted by Crippen LogP contribution is 2.25. The smallest absolute Gasteiger partial charge is 0.256 e. The van der Waals surface area contributed by atoms with Crippen molar-refractivity contribution < 1.29 is 9.59 Å². The first kappa shape index (κ1) is 23.4. The maximum absolute atomic E-state index is 13.2. The van der Waals surface area contributed by atoms with Crippen LogP contribution in [-0.4, -0.2) is 49.7 Å². The number of carbonyl (C=O) groups is 2. The van der Waals surface area contributed by atoms with E-state index in [-0.39, 0.29) is 11.8 Å². The Balaban J connectivity index is 1.20. The summed E-state index contributed by atoms with van der Waals surface area (Å²) in [5.41, 5.74) is 4.34. The summed E-state index contributed by atoms with van der Waals surface area (Å²) in [6.45, 7) is 3.23. The molecule has 0 spiro atoms. The van der Waals surface area contributed by atoms with Crippen molar-refractivity contribution in [1.29, 1.82) is 0 Å². The van der Waals surface area contributed by atoms with Crippen molar-refractivity contribution in [2.45, 2.75) is 0 Å². The van der Waals surface area contributed by atoms with Crippen molar-refractivity contribution in [3.8, 4) is 0 Å². The Kier molecular flexibility index (Phi) is 6.27. The number of anilines is 2. The first-order chi connectivity index (χ1) is 18.7. The number of hydrogen-bond donors (Lipinski definition) is 4. The molecule has 2 aliphatic heterocycles. The molecular weight excluding hydrogens is 476 g/mol. The van der Waals surface area contributed by atoms with Crippen LogP contribution < -0.4 is 21.3 Å². The van der Waals surface area contributed by atoms with Crippen LogP contribution >= 0.6 is 0 Å². The Morgan fingerprint density at radius 3 is 1.37 bits per heavy atom. The second-order valence-corrected chi connectivity index (χ2v) is 9.08. The van der Waals surface area contributed by atoms with Gasteiger partial charge in [0.2, 0.25) is 0 Å². The second kappa shape index (κ2) is 10.2. The van der Waals surface area contributed by atoms with Gasteiger partial charge in [-0.25, -0.2) is 0 Å². The van der Waals surface area contributed by atoms with Gasteiger partial charge in [-0.3, -0.25) is 19.6 Å². The summed E-state index contributed by atoms with van der Waals surface area (Å²) >= 11 is 0. The summed E-state index contributed by atoms with van der Waals surface area (Å²) in [5.74, 6) is 1.27. The van der Waals surface area contributed by atoms with Gasteiger partial charge in [0, 0.05) is 46.7 Å². The number of carbonyl (C=O) groups excluding carboxylic acids is 2. The highest BCUT2D eigenvalue weighted by Gasteiger charge is 2.16. The predicted molar refractivity (Wildman–Crippen MR) is 152 cm³/mol. The van der Waals surface area contributed by atoms with E-state index in [0.29, 0.717) is 33.3 Å². The molecule has 4 N–H and O–H groups in total. The van der Waals surface area contributed by atoms with Crippen molar-refractivity contribution in [2.24, 2.45) is 9.98 Å². The van der Waals surface area contributed by atoms with Crippen molar-refractivity contribution in [3.63, 3.8) is 0 Å². The summed E-state index contributed by atoms with van der Waals surface area (Å²) in [6.07, 6.45) is 0. The Labute approximate surface area is 219 Å². The van der Waals surface area contributed by atoms with Crippen LogP contribution in [0.5, 0.6) is 0 Å². The number of nitrogens with one attached hydrogen (secondary N) is 4. The summed E-state index contributed by atoms with van der Waals surface area (Å²) in [7, 11) is 0. The molecule has 8 heteroatoms. The zero-order valence-corrected chi connectivity index (χ0v) is 20.6. The quantitative estimate of drug-likeness (QED) is 0.319. The predicted octanol–water partition coefficient (Wildman–Crippen LogP) is 4.04. The number of nitrogens with zero attached hydrogens (tertiary/aromatic N) is 2. The van der Waals surface area contributed by atoms with Gasteiger partial charge in [-0.1, -0.05) is 24.3 Å². The van der Waals surface area contributed by atoms with Gasteiger partial charge in [-0.2, -0.15) is 0 Å². The van der Waals surface area contributed by atoms with E-state index >= 15 is 0 Å². The van der Waals surface area contributed by atoms with Crippen molar-refractivity contribution in [3.05, 3.63) is 107 Å². The molecule has 2 heterocycles. The molecule has 0 radical (unpaired) electrons. The topological polar surface area (TPSA) is 107 Å². The molecule has 0 aliphatic carbocycles. The SMILES string of the molecule is O=C(Nc1ccc(C2=NCCN2)cc1)c1cccc2c(C(=O)Nc3ccc(C4=NCCN4)cc3)cccc12. The number of hydrogen-bond acceptors (Lipinski definition) is 6. The molecule has 188 valence electrons. The first-order valence-electron chi connectivity index (χ1n) is 12.6. The van der Waals surface area contributed by atoms with E-state index < -0.39 is 0 Å². The molecule has 0 fully saturated rings. The number of benzene rings is 4. The number of fused-ring (bicyclic) bond motifs is 1. The van der Waals surface area contributed by atoms with Crippen LogP contribution in [0.15, 0.2) is 94.9 Å². The third kappa shape index (κ3) is 4.71. The van der Waals surface area contributed by atoms with Crippen molar-refractivity contribution in [1.82, 2.24) is 10.6 Å². The van der Waals surface area contributed by atoms with Crippen LogP contribution in [-0.2, 0) is 0 Å². The molecule has 4 aromatic carbocycles. The summed E-state index contributed by atoms with van der Waals surface area (Å²) in [6, 6.07) is 26.0. The fourth-order valence-electron chi connectivity index (χ4n) is 4.71. The van der Waals surface area contributed by atoms with Gasteiger partial charge in [0.05, 0.1) is 13.1 Å². The molecule has 0 aromatic heterocycles. The van der Waals surface area contributed by atoms with Gasteiger partial charge < -0.3 is 21.3 Å². The molecule has 0 saturated heterocycles. The van der Waals surface area contributed by atoms with E-state index in [1.54, 1.807) is 24.3 Å². The highest BCUT2D eigenvalue weighted by molar-refractivity contribution is 6.18. The van der Waals surface area contributed by atoms with Crippen LogP contribution in [0.4, 0.5) is 11.4 Å². The molecule has 4 aromatic rings. The lowest BCUT2D eigenvalue weighted by molar-refractivity contribution is 0.101. The zero-order valence-electron chi connectivity index (χ0n) is 20.6. The Morgan fingerprint density at radius 1 is 0.579 bits per heavy atom. The molecule has 8 nitrogen and oxygen atoms in total. The Bertz CT molecular complexity index is 1470. The lowest BCUT2D eigenvalue weighted by Gasteiger charge is -2.12. The maximum atomic E-state index is 13.2. The largest absolute Gasteiger partial charge is 0.368 e. The van der Waals surface area contributed by atoms with Crippen LogP contribution in [0.3, 0.4) is 0 Å². The van der Waals surface area contributed by atoms with Gasteiger partial charge in [0.25, 0.3) is 11.8 Å². The van der Waals surface area contributed by atoms with Crippen LogP contribution in [0.2, 0.25) is 0 Å². The molecule has 2 amide bonds. The third-order valence-electron chi connectivity index (χ3n) is 6.59. The van der Waals surface area contributed by atoms with Crippen LogP contribution in [0.1, 0.15) is 31.8 Å². The monoisotopic (exact) mass is 502 g/mol. The Morgan fingerprint density at radius 2 is 1.00 bits per heavy atom. The van der Waals surface area contributed by atoms with Crippen molar-refractivity contribution in [2.75, 3.05) is 36.8 Å². The number of amides is 2. The van der Waals surface area contributed by atoms with Gasteiger partial charge in [-0.15, -0.1) is 0 Å². The lowest BCUT2D eigenvalue weighted by Crippen LogP contribution is -2.19. The van der Waals surface area contributed by atoms with E-state index in [1.807, 2.05) is 60.7 Å². The maximum Gasteiger partial charge on any atom is 0.256 e. The molecule has 0 unspecified atom stereocenters. The number of rotatable bonds is 6. The van der Waals surface area contributed by atoms with Gasteiger partial charge in [0.15, 0.2) is 0 Å². The van der Waals surface area contributed by atoms with E-state index in [1.165, 1.54) is 0 Å². The fourth-order valence-corrected chi connectivity index (χ4v) is 4.71. The third-order valence-corrected chi connectivity index (χ3v) is 6.59. The van der Waals surface area contributed by atoms with E-state index in [2.05, 4.69) is 31.3 Å². The van der Waals surface area contributed by atoms with Crippen LogP contribution in [0, 0.1) is 0 Å². The van der Waals surface area contributed by atoms with E-state index in [0.717, 1.165) is 49.0 Å². The van der Waals surface area contributed by atoms with Gasteiger partial charge >= 0.3 is 0 Å². The van der Waals surface area contributed by atoms with Gasteiger partial charge in [0.1, 0.15) is 11.7 Å². The number of aliphatic imine (C=N–C) groups is 2. The Hall–Kier alpha value is -4.98. The normalized spacial score (nSPS) is 14.3. The second-order valence-electron chi connectivity index (χ2n) is 9.08. The van der Waals surface area contributed by atoms with E-state index in [9.17, 15) is 9.59 Å². The minimum absolute atomic E-state index is 0.240. The van der Waals surface area contributed by atoms with E-state index in [4.69, 9.17) is 0 Å². The minimum atomic E-state index is -0.240. The molecule has 2 aliphatic rings. The molecule has 38 heavy (non-hydrogen) atoms. The zero-order chi connectivity index (χ0) is 25.9. The van der Waals surface area contributed by atoms with Crippen molar-refractivity contribution >= 4 is 45.6 Å². The highest BCUT2D eigenvalue weighted by atomic mass is 16.2. The molecule has 0 atom stereocenters. The minimum Gasteiger partial charge on any atom is -0.368 e. The summed E-state index contributed by atoms with van der Waals surface area (Å²) < 4.78 is 0. The average Bonchev–Trinajstić information content (AvgIpc) is 3.68. The summed E-state index contributed by atoms with van der Waals surface area (Å²) in [4.78, 5) is 35.3. The average molecular weight is 503 g/mol. The molecular formula is C30H26N6O2. The van der Waals surface area contributed by atoms with Gasteiger partial charge in [-0.05, 0) is 71.4 Å². The standard InChI is InChI=1S/C30H26N6O2/c37-29(35-21-11-7-19(8-12-21)27-31-15-16-32-27)25-5-1-3-23-24(25)4-2-6-26(23)30(38)36-22-13-9-20(10-14-22)28-33-17-18-34-28/h1-14H,15-18H2,(H,31,32)(H,33,34)(H,35,37)(H,36,38). The fraction of sp³-hybridized carbons (Fsp3) is 0.133.